The number of ketones is 1. The van der Waals surface area contributed by atoms with Crippen LogP contribution in [0.4, 0.5) is 0 Å². The van der Waals surface area contributed by atoms with Crippen LogP contribution in [0.15, 0.2) is 30.3 Å². The molecule has 2 rings (SSSR count). The summed E-state index contributed by atoms with van der Waals surface area (Å²) in [7, 11) is 0. The fourth-order valence-corrected chi connectivity index (χ4v) is 1.80. The van der Waals surface area contributed by atoms with Crippen LogP contribution in [-0.4, -0.2) is 22.1 Å². The van der Waals surface area contributed by atoms with E-state index < -0.39 is 0 Å². The van der Waals surface area contributed by atoms with Crippen LogP contribution in [0.3, 0.4) is 0 Å². The van der Waals surface area contributed by atoms with Crippen molar-refractivity contribution < 1.29 is 4.79 Å². The van der Waals surface area contributed by atoms with Gasteiger partial charge in [0, 0.05) is 11.3 Å². The molecule has 0 atom stereocenters. The monoisotopic (exact) mass is 229 g/mol. The summed E-state index contributed by atoms with van der Waals surface area (Å²) in [4.78, 5) is 11.4. The summed E-state index contributed by atoms with van der Waals surface area (Å²) in [5.41, 5.74) is 8.95. The van der Waals surface area contributed by atoms with Crippen molar-refractivity contribution in [1.29, 1.82) is 0 Å². The molecule has 0 aliphatic carbocycles. The van der Waals surface area contributed by atoms with Crippen LogP contribution < -0.4 is 5.73 Å². The first-order valence-corrected chi connectivity index (χ1v) is 5.49. The minimum absolute atomic E-state index is 0.0409. The standard InChI is InChI=1S/C13H15N3O/c1-9-7-10(2)16(15-9)12-5-3-11(4-6-12)13(17)8-14/h3-7H,8,14H2,1-2H3. The second-order valence-corrected chi connectivity index (χ2v) is 4.01. The highest BCUT2D eigenvalue weighted by molar-refractivity contribution is 5.97. The molecule has 0 saturated carbocycles. The highest BCUT2D eigenvalue weighted by Gasteiger charge is 2.06. The summed E-state index contributed by atoms with van der Waals surface area (Å²) >= 11 is 0. The second kappa shape index (κ2) is 4.51. The molecular formula is C13H15N3O. The lowest BCUT2D eigenvalue weighted by Crippen LogP contribution is -2.13. The molecule has 4 nitrogen and oxygen atoms in total. The van der Waals surface area contributed by atoms with Crippen molar-refractivity contribution in [2.75, 3.05) is 6.54 Å². The van der Waals surface area contributed by atoms with E-state index in [0.29, 0.717) is 5.56 Å². The van der Waals surface area contributed by atoms with E-state index in [9.17, 15) is 4.79 Å². The van der Waals surface area contributed by atoms with Crippen molar-refractivity contribution in [3.8, 4) is 5.69 Å². The number of hydrogen-bond acceptors (Lipinski definition) is 3. The van der Waals surface area contributed by atoms with Gasteiger partial charge in [-0.25, -0.2) is 4.68 Å². The van der Waals surface area contributed by atoms with Crippen molar-refractivity contribution in [3.63, 3.8) is 0 Å². The maximum atomic E-state index is 11.4. The predicted molar refractivity (Wildman–Crippen MR) is 66.4 cm³/mol. The Kier molecular flexibility index (Phi) is 3.06. The van der Waals surface area contributed by atoms with E-state index in [2.05, 4.69) is 5.10 Å². The first-order valence-electron chi connectivity index (χ1n) is 5.49. The molecule has 0 amide bonds. The van der Waals surface area contributed by atoms with Crippen LogP contribution in [0.1, 0.15) is 21.7 Å². The first kappa shape index (κ1) is 11.5. The average molecular weight is 229 g/mol. The van der Waals surface area contributed by atoms with Gasteiger partial charge in [0.1, 0.15) is 0 Å². The molecule has 2 N–H and O–H groups in total. The molecule has 17 heavy (non-hydrogen) atoms. The first-order chi connectivity index (χ1) is 8.11. The molecule has 2 aromatic rings. The molecule has 4 heteroatoms. The lowest BCUT2D eigenvalue weighted by molar-refractivity contribution is 0.100. The molecule has 0 fully saturated rings. The van der Waals surface area contributed by atoms with Gasteiger partial charge in [0.05, 0.1) is 17.9 Å². The third kappa shape index (κ3) is 2.26. The Balaban J connectivity index is 2.35. The Morgan fingerprint density at radius 2 is 1.94 bits per heavy atom. The van der Waals surface area contributed by atoms with Gasteiger partial charge in [-0.3, -0.25) is 4.79 Å². The van der Waals surface area contributed by atoms with Crippen molar-refractivity contribution in [1.82, 2.24) is 9.78 Å². The van der Waals surface area contributed by atoms with Crippen LogP contribution in [0.5, 0.6) is 0 Å². The molecule has 0 saturated heterocycles. The Morgan fingerprint density at radius 3 is 2.41 bits per heavy atom. The van der Waals surface area contributed by atoms with Gasteiger partial charge in [-0.2, -0.15) is 5.10 Å². The Morgan fingerprint density at radius 1 is 1.29 bits per heavy atom. The normalized spacial score (nSPS) is 10.5. The smallest absolute Gasteiger partial charge is 0.176 e. The zero-order valence-corrected chi connectivity index (χ0v) is 9.97. The van der Waals surface area contributed by atoms with Crippen molar-refractivity contribution in [2.45, 2.75) is 13.8 Å². The Labute approximate surface area is 100 Å². The van der Waals surface area contributed by atoms with Gasteiger partial charge >= 0.3 is 0 Å². The molecular weight excluding hydrogens is 214 g/mol. The molecule has 1 aromatic carbocycles. The number of carbonyl (C=O) groups excluding carboxylic acids is 1. The van der Waals surface area contributed by atoms with Crippen LogP contribution in [0.25, 0.3) is 5.69 Å². The predicted octanol–water partition coefficient (Wildman–Crippen LogP) is 1.63. The van der Waals surface area contributed by atoms with Gasteiger partial charge in [-0.1, -0.05) is 0 Å². The lowest BCUT2D eigenvalue weighted by Gasteiger charge is -2.05. The number of aromatic nitrogens is 2. The van der Waals surface area contributed by atoms with E-state index in [4.69, 9.17) is 5.73 Å². The summed E-state index contributed by atoms with van der Waals surface area (Å²) in [5.74, 6) is -0.0510. The van der Waals surface area contributed by atoms with Crippen LogP contribution >= 0.6 is 0 Å². The average Bonchev–Trinajstić information content (AvgIpc) is 2.68. The number of rotatable bonds is 3. The van der Waals surface area contributed by atoms with Gasteiger partial charge in [0.25, 0.3) is 0 Å². The minimum atomic E-state index is -0.0510. The number of nitrogens with two attached hydrogens (primary N) is 1. The number of carbonyl (C=O) groups is 1. The largest absolute Gasteiger partial charge is 0.324 e. The summed E-state index contributed by atoms with van der Waals surface area (Å²) < 4.78 is 1.85. The topological polar surface area (TPSA) is 60.9 Å². The number of Topliss-reactive ketones (excluding diaryl/α,β-unsaturated/α-hetero) is 1. The molecule has 0 bridgehead atoms. The number of benzene rings is 1. The van der Waals surface area contributed by atoms with E-state index in [1.807, 2.05) is 36.7 Å². The lowest BCUT2D eigenvalue weighted by atomic mass is 10.1. The Hall–Kier alpha value is -1.94. The second-order valence-electron chi connectivity index (χ2n) is 4.01. The van der Waals surface area contributed by atoms with Gasteiger partial charge in [0.15, 0.2) is 5.78 Å². The van der Waals surface area contributed by atoms with E-state index in [0.717, 1.165) is 17.1 Å². The highest BCUT2D eigenvalue weighted by Crippen LogP contribution is 2.13. The van der Waals surface area contributed by atoms with E-state index in [1.165, 1.54) is 0 Å². The quantitative estimate of drug-likeness (QED) is 0.814. The summed E-state index contributed by atoms with van der Waals surface area (Å²) in [5, 5.41) is 4.38. The van der Waals surface area contributed by atoms with Crippen molar-refractivity contribution >= 4 is 5.78 Å². The molecule has 0 aliphatic heterocycles. The zero-order chi connectivity index (χ0) is 12.4. The minimum Gasteiger partial charge on any atom is -0.324 e. The molecule has 88 valence electrons. The van der Waals surface area contributed by atoms with E-state index >= 15 is 0 Å². The zero-order valence-electron chi connectivity index (χ0n) is 9.97. The number of aryl methyl sites for hydroxylation is 2. The third-order valence-corrected chi connectivity index (χ3v) is 2.63. The van der Waals surface area contributed by atoms with E-state index in [1.54, 1.807) is 12.1 Å². The maximum absolute atomic E-state index is 11.4. The van der Waals surface area contributed by atoms with Crippen LogP contribution in [-0.2, 0) is 0 Å². The number of hydrogen-bond donors (Lipinski definition) is 1. The molecule has 0 aliphatic rings. The highest BCUT2D eigenvalue weighted by atomic mass is 16.1. The molecule has 0 spiro atoms. The summed E-state index contributed by atoms with van der Waals surface area (Å²) in [6.07, 6.45) is 0. The maximum Gasteiger partial charge on any atom is 0.176 e. The SMILES string of the molecule is Cc1cc(C)n(-c2ccc(C(=O)CN)cc2)n1. The fourth-order valence-electron chi connectivity index (χ4n) is 1.80. The number of nitrogens with zero attached hydrogens (tertiary/aromatic N) is 2. The van der Waals surface area contributed by atoms with Gasteiger partial charge in [-0.05, 0) is 44.2 Å². The van der Waals surface area contributed by atoms with Crippen LogP contribution in [0.2, 0.25) is 0 Å². The van der Waals surface area contributed by atoms with Crippen molar-refractivity contribution in [2.24, 2.45) is 5.73 Å². The molecule has 1 heterocycles. The summed E-state index contributed by atoms with van der Waals surface area (Å²) in [6.45, 7) is 3.99. The van der Waals surface area contributed by atoms with Gasteiger partial charge in [0.2, 0.25) is 0 Å². The van der Waals surface area contributed by atoms with Crippen molar-refractivity contribution in [3.05, 3.63) is 47.3 Å². The van der Waals surface area contributed by atoms with Gasteiger partial charge < -0.3 is 5.73 Å². The molecule has 0 unspecified atom stereocenters. The van der Waals surface area contributed by atoms with Gasteiger partial charge in [-0.15, -0.1) is 0 Å². The molecule has 1 aromatic heterocycles. The Bertz CT molecular complexity index is 540. The van der Waals surface area contributed by atoms with E-state index in [-0.39, 0.29) is 12.3 Å². The van der Waals surface area contributed by atoms with Crippen LogP contribution in [0, 0.1) is 13.8 Å². The third-order valence-electron chi connectivity index (χ3n) is 2.63. The summed E-state index contributed by atoms with van der Waals surface area (Å²) in [6, 6.07) is 9.32. The fraction of sp³-hybridized carbons (Fsp3) is 0.231. The molecule has 0 radical (unpaired) electrons.